The zero-order valence-corrected chi connectivity index (χ0v) is 30.4. The van der Waals surface area contributed by atoms with Crippen LogP contribution in [0.4, 0.5) is 10.1 Å². The van der Waals surface area contributed by atoms with Crippen molar-refractivity contribution in [3.63, 3.8) is 0 Å². The number of anilines is 1. The van der Waals surface area contributed by atoms with E-state index in [-0.39, 0.29) is 34.6 Å². The summed E-state index contributed by atoms with van der Waals surface area (Å²) >= 11 is 1.16. The number of hydrogen-bond acceptors (Lipinski definition) is 6. The second-order valence-electron chi connectivity index (χ2n) is 13.5. The molecule has 0 fully saturated rings. The van der Waals surface area contributed by atoms with Gasteiger partial charge >= 0.3 is 0 Å². The minimum Gasteiger partial charge on any atom is -0.496 e. The topological polar surface area (TPSA) is 101 Å². The van der Waals surface area contributed by atoms with E-state index in [1.54, 1.807) is 80.9 Å². The first-order valence-electron chi connectivity index (χ1n) is 16.8. The van der Waals surface area contributed by atoms with Gasteiger partial charge in [-0.2, -0.15) is 0 Å². The number of amides is 3. The molecule has 0 spiro atoms. The van der Waals surface area contributed by atoms with Gasteiger partial charge in [0.25, 0.3) is 11.8 Å². The molecule has 1 atom stereocenters. The maximum absolute atomic E-state index is 13.8. The number of benzene rings is 5. The number of rotatable bonds is 10. The molecular formula is C42H39FN4O4S. The summed E-state index contributed by atoms with van der Waals surface area (Å²) in [4.78, 5) is 47.1. The number of hydrogen-bond donors (Lipinski definition) is 2. The number of carbonyl (C=O) groups is 3. The Morgan fingerprint density at radius 2 is 1.58 bits per heavy atom. The van der Waals surface area contributed by atoms with Gasteiger partial charge in [0.15, 0.2) is 5.01 Å². The molecule has 0 aliphatic carbocycles. The molecule has 10 heteroatoms. The molecule has 3 amide bonds. The van der Waals surface area contributed by atoms with Crippen LogP contribution in [0.1, 0.15) is 63.7 Å². The summed E-state index contributed by atoms with van der Waals surface area (Å²) in [6, 6.07) is 32.7. The van der Waals surface area contributed by atoms with Gasteiger partial charge in [-0.1, -0.05) is 93.6 Å². The van der Waals surface area contributed by atoms with E-state index < -0.39 is 11.9 Å². The van der Waals surface area contributed by atoms with Gasteiger partial charge in [-0.15, -0.1) is 11.3 Å². The van der Waals surface area contributed by atoms with Gasteiger partial charge in [-0.05, 0) is 70.1 Å². The Hall–Kier alpha value is -5.87. The molecule has 5 aromatic carbocycles. The molecule has 2 N–H and O–H groups in total. The second kappa shape index (κ2) is 15.2. The van der Waals surface area contributed by atoms with Crippen LogP contribution < -0.4 is 15.4 Å². The summed E-state index contributed by atoms with van der Waals surface area (Å²) in [7, 11) is 3.22. The van der Waals surface area contributed by atoms with Crippen molar-refractivity contribution in [2.24, 2.45) is 0 Å². The number of methoxy groups -OCH3 is 1. The molecule has 1 heterocycles. The highest BCUT2D eigenvalue weighted by Crippen LogP contribution is 2.36. The number of halogens is 1. The van der Waals surface area contributed by atoms with E-state index in [4.69, 9.17) is 4.74 Å². The van der Waals surface area contributed by atoms with E-state index in [1.807, 2.05) is 24.3 Å². The molecule has 0 unspecified atom stereocenters. The average Bonchev–Trinajstić information content (AvgIpc) is 3.58. The van der Waals surface area contributed by atoms with Crippen LogP contribution in [0.2, 0.25) is 0 Å². The van der Waals surface area contributed by atoms with Crippen molar-refractivity contribution in [3.8, 4) is 16.9 Å². The summed E-state index contributed by atoms with van der Waals surface area (Å²) in [5.74, 6) is -0.941. The normalized spacial score (nSPS) is 11.9. The van der Waals surface area contributed by atoms with Gasteiger partial charge in [0.1, 0.15) is 17.6 Å². The van der Waals surface area contributed by atoms with Crippen LogP contribution in [-0.4, -0.2) is 41.8 Å². The van der Waals surface area contributed by atoms with Crippen molar-refractivity contribution >= 4 is 45.0 Å². The van der Waals surface area contributed by atoms with E-state index in [0.717, 1.165) is 22.5 Å². The molecule has 0 saturated carbocycles. The summed E-state index contributed by atoms with van der Waals surface area (Å²) in [6.07, 6.45) is 0. The largest absolute Gasteiger partial charge is 0.496 e. The van der Waals surface area contributed by atoms with Crippen LogP contribution in [0.5, 0.6) is 5.75 Å². The van der Waals surface area contributed by atoms with Crippen molar-refractivity contribution in [3.05, 3.63) is 148 Å². The minimum absolute atomic E-state index is 0.0146. The SMILES string of the molecule is COc1cccc(C(=O)Nc2ccc3nc(C(=O)N[C@H](C(=O)N(C)Cc4ccc(F)cc4)c4ccccc4)sc3c2)c1-c1ccc(C(C)(C)C)cc1. The molecule has 0 aliphatic heterocycles. The average molecular weight is 715 g/mol. The lowest BCUT2D eigenvalue weighted by Gasteiger charge is -2.25. The highest BCUT2D eigenvalue weighted by molar-refractivity contribution is 7.20. The van der Waals surface area contributed by atoms with Crippen molar-refractivity contribution in [2.45, 2.75) is 38.8 Å². The Bertz CT molecular complexity index is 2230. The fraction of sp³-hybridized carbons (Fsp3) is 0.190. The van der Waals surface area contributed by atoms with Crippen LogP contribution in [0.3, 0.4) is 0 Å². The lowest BCUT2D eigenvalue weighted by molar-refractivity contribution is -0.132. The molecule has 0 saturated heterocycles. The standard InChI is InChI=1S/C42H39FN4O4S/c1-42(2,3)29-18-16-27(17-19-29)36-32(12-9-13-34(36)51-5)38(48)44-31-22-23-33-35(24-31)52-40(45-33)39(49)46-37(28-10-7-6-8-11-28)41(50)47(4)25-26-14-20-30(43)21-15-26/h6-24,37H,25H2,1-5H3,(H,44,48)(H,46,49)/t37-/m0/s1. The number of ether oxygens (including phenoxy) is 1. The van der Waals surface area contributed by atoms with Crippen molar-refractivity contribution in [1.82, 2.24) is 15.2 Å². The number of fused-ring (bicyclic) bond motifs is 1. The first-order chi connectivity index (χ1) is 24.9. The molecule has 6 rings (SSSR count). The Morgan fingerprint density at radius 3 is 2.25 bits per heavy atom. The fourth-order valence-electron chi connectivity index (χ4n) is 5.91. The highest BCUT2D eigenvalue weighted by atomic mass is 32.1. The van der Waals surface area contributed by atoms with Crippen LogP contribution >= 0.6 is 11.3 Å². The van der Waals surface area contributed by atoms with E-state index in [9.17, 15) is 18.8 Å². The zero-order chi connectivity index (χ0) is 37.0. The van der Waals surface area contributed by atoms with Crippen molar-refractivity contribution < 1.29 is 23.5 Å². The molecule has 0 bridgehead atoms. The van der Waals surface area contributed by atoms with Gasteiger partial charge in [-0.3, -0.25) is 14.4 Å². The van der Waals surface area contributed by atoms with Crippen LogP contribution in [-0.2, 0) is 16.8 Å². The highest BCUT2D eigenvalue weighted by Gasteiger charge is 2.28. The van der Waals surface area contributed by atoms with E-state index in [1.165, 1.54) is 22.6 Å². The minimum atomic E-state index is -0.984. The third kappa shape index (κ3) is 8.03. The maximum atomic E-state index is 13.8. The molecule has 52 heavy (non-hydrogen) atoms. The van der Waals surface area contributed by atoms with Gasteiger partial charge in [0.05, 0.1) is 22.9 Å². The first kappa shape index (κ1) is 35.9. The molecule has 8 nitrogen and oxygen atoms in total. The van der Waals surface area contributed by atoms with E-state index in [0.29, 0.717) is 38.3 Å². The smallest absolute Gasteiger partial charge is 0.281 e. The third-order valence-corrected chi connectivity index (χ3v) is 9.75. The zero-order valence-electron chi connectivity index (χ0n) is 29.6. The molecule has 0 aliphatic rings. The molecule has 1 aromatic heterocycles. The van der Waals surface area contributed by atoms with Gasteiger partial charge < -0.3 is 20.3 Å². The van der Waals surface area contributed by atoms with Crippen LogP contribution in [0.25, 0.3) is 21.3 Å². The van der Waals surface area contributed by atoms with Crippen molar-refractivity contribution in [1.29, 1.82) is 0 Å². The fourth-order valence-corrected chi connectivity index (χ4v) is 6.82. The summed E-state index contributed by atoms with van der Waals surface area (Å²) < 4.78 is 19.8. The van der Waals surface area contributed by atoms with Gasteiger partial charge in [0.2, 0.25) is 5.91 Å². The Morgan fingerprint density at radius 1 is 0.865 bits per heavy atom. The van der Waals surface area contributed by atoms with Gasteiger partial charge in [0, 0.05) is 24.8 Å². The van der Waals surface area contributed by atoms with E-state index in [2.05, 4.69) is 48.5 Å². The number of likely N-dealkylation sites (N-methyl/N-ethyl adjacent to an activating group) is 1. The number of carbonyl (C=O) groups excluding carboxylic acids is 3. The summed E-state index contributed by atoms with van der Waals surface area (Å²) in [5.41, 5.74) is 5.63. The molecule has 0 radical (unpaired) electrons. The summed E-state index contributed by atoms with van der Waals surface area (Å²) in [6.45, 7) is 6.69. The molecular weight excluding hydrogens is 676 g/mol. The van der Waals surface area contributed by atoms with Crippen LogP contribution in [0, 0.1) is 5.82 Å². The first-order valence-corrected chi connectivity index (χ1v) is 17.6. The predicted molar refractivity (Wildman–Crippen MR) is 204 cm³/mol. The maximum Gasteiger partial charge on any atom is 0.281 e. The summed E-state index contributed by atoms with van der Waals surface area (Å²) in [5, 5.41) is 6.05. The Kier molecular flexibility index (Phi) is 10.5. The van der Waals surface area contributed by atoms with Gasteiger partial charge in [-0.25, -0.2) is 9.37 Å². The predicted octanol–water partition coefficient (Wildman–Crippen LogP) is 8.79. The number of nitrogens with one attached hydrogen (secondary N) is 2. The Labute approximate surface area is 306 Å². The molecule has 6 aromatic rings. The van der Waals surface area contributed by atoms with Crippen molar-refractivity contribution in [2.75, 3.05) is 19.5 Å². The molecule has 264 valence electrons. The Balaban J connectivity index is 1.21. The third-order valence-electron chi connectivity index (χ3n) is 8.74. The second-order valence-corrected chi connectivity index (χ2v) is 14.5. The lowest BCUT2D eigenvalue weighted by Crippen LogP contribution is -2.41. The van der Waals surface area contributed by atoms with Crippen LogP contribution in [0.15, 0.2) is 115 Å². The number of aromatic nitrogens is 1. The number of thiazole rings is 1. The lowest BCUT2D eigenvalue weighted by atomic mass is 9.86. The number of nitrogens with zero attached hydrogens (tertiary/aromatic N) is 2. The van der Waals surface area contributed by atoms with E-state index >= 15 is 0 Å². The quantitative estimate of drug-likeness (QED) is 0.148. The monoisotopic (exact) mass is 714 g/mol.